The van der Waals surface area contributed by atoms with E-state index in [1.54, 1.807) is 6.21 Å². The van der Waals surface area contributed by atoms with Crippen LogP contribution in [0.5, 0.6) is 5.88 Å². The summed E-state index contributed by atoms with van der Waals surface area (Å²) in [5.41, 5.74) is 3.80. The van der Waals surface area contributed by atoms with Crippen LogP contribution in [0, 0.1) is 5.92 Å². The zero-order chi connectivity index (χ0) is 17.9. The number of benzene rings is 2. The van der Waals surface area contributed by atoms with Gasteiger partial charge in [-0.05, 0) is 55.5 Å². The van der Waals surface area contributed by atoms with Crippen molar-refractivity contribution in [2.75, 3.05) is 18.0 Å². The highest BCUT2D eigenvalue weighted by Gasteiger charge is 2.24. The van der Waals surface area contributed by atoms with E-state index in [4.69, 9.17) is 0 Å². The Morgan fingerprint density at radius 3 is 2.65 bits per heavy atom. The van der Waals surface area contributed by atoms with Crippen molar-refractivity contribution in [3.05, 3.63) is 54.1 Å². The highest BCUT2D eigenvalue weighted by atomic mass is 16.3. The van der Waals surface area contributed by atoms with Gasteiger partial charge in [-0.3, -0.25) is 4.99 Å². The lowest BCUT2D eigenvalue weighted by atomic mass is 10.2. The molecule has 0 amide bonds. The Hall–Kier alpha value is -2.75. The van der Waals surface area contributed by atoms with Gasteiger partial charge in [-0.1, -0.05) is 25.1 Å². The predicted octanol–water partition coefficient (Wildman–Crippen LogP) is 5.25. The topological polar surface area (TPSA) is 51.6 Å². The minimum Gasteiger partial charge on any atom is -0.494 e. The molecule has 1 saturated carbocycles. The van der Waals surface area contributed by atoms with Gasteiger partial charge in [-0.15, -0.1) is 0 Å². The molecule has 4 heteroatoms. The Balaban J connectivity index is 1.52. The molecule has 0 atom stereocenters. The van der Waals surface area contributed by atoms with Crippen molar-refractivity contribution in [3.63, 3.8) is 0 Å². The first-order valence-electron chi connectivity index (χ1n) is 9.43. The first-order chi connectivity index (χ1) is 12.7. The maximum absolute atomic E-state index is 10.1. The number of rotatable bonds is 7. The Labute approximate surface area is 154 Å². The van der Waals surface area contributed by atoms with Crippen LogP contribution >= 0.6 is 0 Å². The van der Waals surface area contributed by atoms with Crippen LogP contribution in [-0.4, -0.2) is 29.4 Å². The maximum atomic E-state index is 10.1. The van der Waals surface area contributed by atoms with E-state index in [9.17, 15) is 5.11 Å². The van der Waals surface area contributed by atoms with Crippen LogP contribution in [0.4, 0.5) is 11.4 Å². The molecule has 2 aromatic carbocycles. The molecule has 0 radical (unpaired) electrons. The normalized spacial score (nSPS) is 14.3. The average molecular weight is 347 g/mol. The van der Waals surface area contributed by atoms with Crippen molar-refractivity contribution in [1.82, 2.24) is 4.98 Å². The van der Waals surface area contributed by atoms with Gasteiger partial charge in [0, 0.05) is 35.9 Å². The van der Waals surface area contributed by atoms with E-state index >= 15 is 0 Å². The van der Waals surface area contributed by atoms with Crippen LogP contribution in [0.25, 0.3) is 10.9 Å². The number of aliphatic imine (C=N–C) groups is 1. The van der Waals surface area contributed by atoms with Gasteiger partial charge < -0.3 is 15.0 Å². The van der Waals surface area contributed by atoms with E-state index in [0.29, 0.717) is 0 Å². The summed E-state index contributed by atoms with van der Waals surface area (Å²) >= 11 is 0. The zero-order valence-electron chi connectivity index (χ0n) is 15.2. The van der Waals surface area contributed by atoms with Crippen molar-refractivity contribution in [1.29, 1.82) is 0 Å². The molecule has 1 fully saturated rings. The van der Waals surface area contributed by atoms with E-state index in [1.165, 1.54) is 25.1 Å². The number of nitrogens with one attached hydrogen (secondary N) is 1. The first-order valence-corrected chi connectivity index (χ1v) is 9.43. The number of anilines is 1. The van der Waals surface area contributed by atoms with Crippen LogP contribution in [-0.2, 0) is 0 Å². The van der Waals surface area contributed by atoms with Gasteiger partial charge in [0.2, 0.25) is 0 Å². The number of aromatic amines is 1. The number of para-hydroxylation sites is 1. The molecule has 0 spiro atoms. The van der Waals surface area contributed by atoms with Gasteiger partial charge >= 0.3 is 0 Å². The molecule has 0 bridgehead atoms. The average Bonchev–Trinajstić information content (AvgIpc) is 3.41. The van der Waals surface area contributed by atoms with Crippen LogP contribution in [0.2, 0.25) is 0 Å². The number of fused-ring (bicyclic) bond motifs is 1. The third-order valence-corrected chi connectivity index (χ3v) is 4.95. The second-order valence-electron chi connectivity index (χ2n) is 7.10. The number of aromatic nitrogens is 1. The van der Waals surface area contributed by atoms with Crippen molar-refractivity contribution in [2.24, 2.45) is 10.9 Å². The molecule has 1 aliphatic rings. The molecule has 0 aliphatic heterocycles. The summed E-state index contributed by atoms with van der Waals surface area (Å²) in [5, 5.41) is 11.1. The van der Waals surface area contributed by atoms with Crippen molar-refractivity contribution in [2.45, 2.75) is 26.2 Å². The monoisotopic (exact) mass is 347 g/mol. The summed E-state index contributed by atoms with van der Waals surface area (Å²) in [5.74, 6) is 1.04. The van der Waals surface area contributed by atoms with Gasteiger partial charge in [0.25, 0.3) is 0 Å². The van der Waals surface area contributed by atoms with Crippen LogP contribution in [0.1, 0.15) is 31.7 Å². The Morgan fingerprint density at radius 2 is 1.92 bits per heavy atom. The molecule has 134 valence electrons. The van der Waals surface area contributed by atoms with Crippen LogP contribution in [0.3, 0.4) is 0 Å². The summed E-state index contributed by atoms with van der Waals surface area (Å²) in [6.45, 7) is 4.49. The van der Waals surface area contributed by atoms with E-state index in [2.05, 4.69) is 33.9 Å². The second-order valence-corrected chi connectivity index (χ2v) is 7.10. The van der Waals surface area contributed by atoms with Crippen molar-refractivity contribution >= 4 is 28.5 Å². The molecule has 3 aromatic rings. The summed E-state index contributed by atoms with van der Waals surface area (Å²) in [6.07, 6.45) is 5.64. The fourth-order valence-corrected chi connectivity index (χ4v) is 3.38. The Bertz CT molecular complexity index is 907. The van der Waals surface area contributed by atoms with Crippen LogP contribution < -0.4 is 4.90 Å². The van der Waals surface area contributed by atoms with E-state index in [0.717, 1.165) is 41.0 Å². The molecular weight excluding hydrogens is 322 g/mol. The first kappa shape index (κ1) is 16.7. The second kappa shape index (κ2) is 7.24. The minimum atomic E-state index is 0.158. The molecule has 1 aliphatic carbocycles. The highest BCUT2D eigenvalue weighted by molar-refractivity contribution is 6.02. The lowest BCUT2D eigenvalue weighted by molar-refractivity contribution is 0.457. The predicted molar refractivity (Wildman–Crippen MR) is 109 cm³/mol. The molecule has 0 unspecified atom stereocenters. The van der Waals surface area contributed by atoms with Gasteiger partial charge in [0.1, 0.15) is 0 Å². The van der Waals surface area contributed by atoms with Crippen LogP contribution in [0.15, 0.2) is 53.5 Å². The standard InChI is InChI=1S/C22H25N3O/c1-2-13-25(15-16-7-8-16)18-11-9-17(10-12-18)23-14-20-19-5-3-4-6-21(19)24-22(20)26/h3-6,9-12,14,16,24,26H,2,7-8,13,15H2,1H3. The molecule has 4 rings (SSSR count). The molecule has 1 heterocycles. The summed E-state index contributed by atoms with van der Waals surface area (Å²) in [7, 11) is 0. The van der Waals surface area contributed by atoms with Gasteiger partial charge in [0.05, 0.1) is 11.3 Å². The largest absolute Gasteiger partial charge is 0.494 e. The maximum Gasteiger partial charge on any atom is 0.198 e. The van der Waals surface area contributed by atoms with E-state index in [-0.39, 0.29) is 5.88 Å². The third-order valence-electron chi connectivity index (χ3n) is 4.95. The van der Waals surface area contributed by atoms with Gasteiger partial charge in [-0.2, -0.15) is 0 Å². The third kappa shape index (κ3) is 3.59. The summed E-state index contributed by atoms with van der Waals surface area (Å²) in [6, 6.07) is 16.2. The summed E-state index contributed by atoms with van der Waals surface area (Å²) in [4.78, 5) is 10.0. The molecule has 26 heavy (non-hydrogen) atoms. The fourth-order valence-electron chi connectivity index (χ4n) is 3.38. The van der Waals surface area contributed by atoms with Gasteiger partial charge in [0.15, 0.2) is 5.88 Å². The van der Waals surface area contributed by atoms with E-state index in [1.807, 2.05) is 36.4 Å². The molecule has 0 saturated heterocycles. The zero-order valence-corrected chi connectivity index (χ0v) is 15.2. The SMILES string of the molecule is CCCN(CC1CC1)c1ccc(N=Cc2c(O)[nH]c3ccccc23)cc1. The van der Waals surface area contributed by atoms with Crippen molar-refractivity contribution < 1.29 is 5.11 Å². The lowest BCUT2D eigenvalue weighted by Crippen LogP contribution is -2.26. The number of nitrogens with zero attached hydrogens (tertiary/aromatic N) is 2. The molecular formula is C22H25N3O. The molecule has 1 aromatic heterocycles. The Kier molecular flexibility index (Phi) is 4.65. The molecule has 2 N–H and O–H groups in total. The van der Waals surface area contributed by atoms with E-state index < -0.39 is 0 Å². The quantitative estimate of drug-likeness (QED) is 0.574. The summed E-state index contributed by atoms with van der Waals surface area (Å²) < 4.78 is 0. The lowest BCUT2D eigenvalue weighted by Gasteiger charge is -2.24. The van der Waals surface area contributed by atoms with Crippen molar-refractivity contribution in [3.8, 4) is 5.88 Å². The Morgan fingerprint density at radius 1 is 1.15 bits per heavy atom. The smallest absolute Gasteiger partial charge is 0.198 e. The van der Waals surface area contributed by atoms with Gasteiger partial charge in [-0.25, -0.2) is 0 Å². The fraction of sp³-hybridized carbons (Fsp3) is 0.318. The number of hydrogen-bond acceptors (Lipinski definition) is 3. The minimum absolute atomic E-state index is 0.158. The highest BCUT2D eigenvalue weighted by Crippen LogP contribution is 2.32. The number of hydrogen-bond donors (Lipinski definition) is 2. The molecule has 4 nitrogen and oxygen atoms in total. The number of aromatic hydroxyl groups is 1. The number of H-pyrrole nitrogens is 1.